The van der Waals surface area contributed by atoms with Gasteiger partial charge in [0.1, 0.15) is 5.82 Å². The maximum absolute atomic E-state index is 13.4. The second-order valence-corrected chi connectivity index (χ2v) is 8.71. The van der Waals surface area contributed by atoms with Crippen molar-refractivity contribution in [2.24, 2.45) is 5.92 Å². The topological polar surface area (TPSA) is 77.6 Å². The number of carbonyl (C=O) groups is 2. The van der Waals surface area contributed by atoms with Gasteiger partial charge < -0.3 is 20.4 Å². The van der Waals surface area contributed by atoms with E-state index in [2.05, 4.69) is 27.4 Å². The quantitative estimate of drug-likeness (QED) is 0.761. The van der Waals surface area contributed by atoms with Crippen LogP contribution < -0.4 is 15.5 Å². The summed E-state index contributed by atoms with van der Waals surface area (Å²) in [5.74, 6) is 1.01. The third kappa shape index (κ3) is 5.17. The van der Waals surface area contributed by atoms with Gasteiger partial charge in [-0.1, -0.05) is 24.6 Å². The van der Waals surface area contributed by atoms with E-state index in [9.17, 15) is 9.59 Å². The highest BCUT2D eigenvalue weighted by atomic mass is 35.5. The van der Waals surface area contributed by atoms with Crippen molar-refractivity contribution in [2.45, 2.75) is 19.8 Å². The zero-order chi connectivity index (χ0) is 21.8. The van der Waals surface area contributed by atoms with E-state index in [0.29, 0.717) is 33.6 Å². The maximum atomic E-state index is 13.4. The van der Waals surface area contributed by atoms with E-state index in [4.69, 9.17) is 11.6 Å². The number of anilines is 2. The monoisotopic (exact) mass is 441 g/mol. The molecule has 2 amide bonds. The van der Waals surface area contributed by atoms with Crippen molar-refractivity contribution in [3.63, 3.8) is 0 Å². The van der Waals surface area contributed by atoms with Gasteiger partial charge >= 0.3 is 0 Å². The minimum atomic E-state index is -0.288. The summed E-state index contributed by atoms with van der Waals surface area (Å²) >= 11 is 6.01. The molecule has 0 aliphatic carbocycles. The van der Waals surface area contributed by atoms with Crippen LogP contribution in [0.5, 0.6) is 0 Å². The van der Waals surface area contributed by atoms with Crippen LogP contribution in [0.4, 0.5) is 11.5 Å². The number of hydrogen-bond donors (Lipinski definition) is 2. The fourth-order valence-electron chi connectivity index (χ4n) is 4.03. The highest BCUT2D eigenvalue weighted by Crippen LogP contribution is 2.26. The molecule has 164 valence electrons. The lowest BCUT2D eigenvalue weighted by Gasteiger charge is -2.33. The summed E-state index contributed by atoms with van der Waals surface area (Å²) in [5, 5.41) is 6.68. The lowest BCUT2D eigenvalue weighted by atomic mass is 9.98. The lowest BCUT2D eigenvalue weighted by Crippen LogP contribution is -2.45. The summed E-state index contributed by atoms with van der Waals surface area (Å²) in [5.41, 5.74) is 1.49. The first-order valence-corrected chi connectivity index (χ1v) is 11.2. The molecule has 2 saturated heterocycles. The molecule has 7 nitrogen and oxygen atoms in total. The second-order valence-electron chi connectivity index (χ2n) is 8.27. The molecule has 1 aromatic carbocycles. The summed E-state index contributed by atoms with van der Waals surface area (Å²) < 4.78 is 0. The number of carbonyl (C=O) groups excluding carboxylic acids is 2. The van der Waals surface area contributed by atoms with Gasteiger partial charge in [-0.15, -0.1) is 0 Å². The summed E-state index contributed by atoms with van der Waals surface area (Å²) in [7, 11) is 0. The van der Waals surface area contributed by atoms with Crippen LogP contribution in [0.25, 0.3) is 0 Å². The van der Waals surface area contributed by atoms with Gasteiger partial charge in [-0.2, -0.15) is 0 Å². The Labute approximate surface area is 187 Å². The molecule has 0 bridgehead atoms. The number of nitrogens with zero attached hydrogens (tertiary/aromatic N) is 3. The smallest absolute Gasteiger partial charge is 0.257 e. The van der Waals surface area contributed by atoms with Crippen LogP contribution >= 0.6 is 11.6 Å². The minimum Gasteiger partial charge on any atom is -0.353 e. The number of nitrogens with one attached hydrogen (secondary N) is 2. The summed E-state index contributed by atoms with van der Waals surface area (Å²) in [6, 6.07) is 8.52. The Morgan fingerprint density at radius 2 is 1.87 bits per heavy atom. The molecule has 0 saturated carbocycles. The van der Waals surface area contributed by atoms with E-state index in [-0.39, 0.29) is 11.8 Å². The molecular weight excluding hydrogens is 414 g/mol. The Morgan fingerprint density at radius 3 is 2.58 bits per heavy atom. The van der Waals surface area contributed by atoms with Crippen LogP contribution in [0.3, 0.4) is 0 Å². The largest absolute Gasteiger partial charge is 0.353 e. The highest BCUT2D eigenvalue weighted by molar-refractivity contribution is 6.31. The first kappa shape index (κ1) is 21.6. The average Bonchev–Trinajstić information content (AvgIpc) is 2.79. The fraction of sp³-hybridized carbons (Fsp3) is 0.435. The first-order valence-electron chi connectivity index (χ1n) is 10.8. The molecule has 0 atom stereocenters. The molecule has 1 aromatic heterocycles. The Hall–Kier alpha value is -2.64. The number of benzene rings is 1. The molecule has 2 N–H and O–H groups in total. The standard InChI is InChI=1S/C23H28ClN5O2/c1-16-5-9-29(10-6-16)23(31)20-14-19(15-26-21(20)28-11-7-25-8-12-28)27-22(30)17-3-2-4-18(24)13-17/h2-4,13-16,25H,5-12H2,1H3,(H,27,30). The molecule has 2 aliphatic rings. The number of halogens is 1. The molecule has 0 spiro atoms. The van der Waals surface area contributed by atoms with Crippen LogP contribution in [0.2, 0.25) is 5.02 Å². The molecule has 0 unspecified atom stereocenters. The molecule has 31 heavy (non-hydrogen) atoms. The first-order chi connectivity index (χ1) is 15.0. The molecule has 0 radical (unpaired) electrons. The Morgan fingerprint density at radius 1 is 1.13 bits per heavy atom. The average molecular weight is 442 g/mol. The van der Waals surface area contributed by atoms with Gasteiger partial charge in [-0.3, -0.25) is 9.59 Å². The lowest BCUT2D eigenvalue weighted by molar-refractivity contribution is 0.0697. The Kier molecular flexibility index (Phi) is 6.73. The van der Waals surface area contributed by atoms with Crippen molar-refractivity contribution >= 4 is 34.9 Å². The van der Waals surface area contributed by atoms with Crippen LogP contribution in [-0.4, -0.2) is 61.0 Å². The summed E-state index contributed by atoms with van der Waals surface area (Å²) in [6.45, 7) is 7.01. The number of piperazine rings is 1. The normalized spacial score (nSPS) is 17.5. The summed E-state index contributed by atoms with van der Waals surface area (Å²) in [6.07, 6.45) is 3.63. The minimum absolute atomic E-state index is 0.0215. The molecule has 2 aromatic rings. The number of aromatic nitrogens is 1. The predicted octanol–water partition coefficient (Wildman–Crippen LogP) is 3.27. The Balaban J connectivity index is 1.61. The SMILES string of the molecule is CC1CCN(C(=O)c2cc(NC(=O)c3cccc(Cl)c3)cnc2N2CCNCC2)CC1. The van der Waals surface area contributed by atoms with Crippen molar-refractivity contribution < 1.29 is 9.59 Å². The Bertz CT molecular complexity index is 953. The van der Waals surface area contributed by atoms with Crippen molar-refractivity contribution in [1.29, 1.82) is 0 Å². The van der Waals surface area contributed by atoms with E-state index in [1.165, 1.54) is 0 Å². The van der Waals surface area contributed by atoms with Crippen LogP contribution in [0.15, 0.2) is 36.5 Å². The van der Waals surface area contributed by atoms with Gasteiger partial charge in [-0.25, -0.2) is 4.98 Å². The van der Waals surface area contributed by atoms with Gasteiger partial charge in [0, 0.05) is 49.9 Å². The number of hydrogen-bond acceptors (Lipinski definition) is 5. The molecular formula is C23H28ClN5O2. The van der Waals surface area contributed by atoms with E-state index in [1.807, 2.05) is 4.90 Å². The zero-order valence-corrected chi connectivity index (χ0v) is 18.5. The predicted molar refractivity (Wildman–Crippen MR) is 123 cm³/mol. The van der Waals surface area contributed by atoms with Crippen LogP contribution in [0.1, 0.15) is 40.5 Å². The van der Waals surface area contributed by atoms with E-state index in [0.717, 1.165) is 52.1 Å². The zero-order valence-electron chi connectivity index (χ0n) is 17.7. The number of rotatable bonds is 4. The van der Waals surface area contributed by atoms with Crippen LogP contribution in [0, 0.1) is 5.92 Å². The fourth-order valence-corrected chi connectivity index (χ4v) is 4.22. The van der Waals surface area contributed by atoms with E-state index >= 15 is 0 Å². The van der Waals surface area contributed by atoms with Gasteiger partial charge in [-0.05, 0) is 43.0 Å². The maximum Gasteiger partial charge on any atom is 0.257 e. The number of likely N-dealkylation sites (tertiary alicyclic amines) is 1. The van der Waals surface area contributed by atoms with Gasteiger partial charge in [0.2, 0.25) is 0 Å². The molecule has 8 heteroatoms. The highest BCUT2D eigenvalue weighted by Gasteiger charge is 2.27. The van der Waals surface area contributed by atoms with Crippen LogP contribution in [-0.2, 0) is 0 Å². The summed E-state index contributed by atoms with van der Waals surface area (Å²) in [4.78, 5) is 34.7. The van der Waals surface area contributed by atoms with Gasteiger partial charge in [0.15, 0.2) is 0 Å². The molecule has 4 rings (SSSR count). The van der Waals surface area contributed by atoms with E-state index < -0.39 is 0 Å². The van der Waals surface area contributed by atoms with Gasteiger partial charge in [0.25, 0.3) is 11.8 Å². The van der Waals surface area contributed by atoms with Crippen molar-refractivity contribution in [2.75, 3.05) is 49.5 Å². The number of amides is 2. The van der Waals surface area contributed by atoms with E-state index in [1.54, 1.807) is 36.5 Å². The third-order valence-electron chi connectivity index (χ3n) is 5.93. The number of piperidine rings is 1. The molecule has 3 heterocycles. The third-order valence-corrected chi connectivity index (χ3v) is 6.16. The molecule has 2 fully saturated rings. The van der Waals surface area contributed by atoms with Gasteiger partial charge in [0.05, 0.1) is 17.4 Å². The molecule has 2 aliphatic heterocycles. The number of pyridine rings is 1. The second kappa shape index (κ2) is 9.66. The van der Waals surface area contributed by atoms with Crippen molar-refractivity contribution in [3.05, 3.63) is 52.7 Å². The van der Waals surface area contributed by atoms with Crippen molar-refractivity contribution in [3.8, 4) is 0 Å². The van der Waals surface area contributed by atoms with Crippen molar-refractivity contribution in [1.82, 2.24) is 15.2 Å².